The molecule has 0 heterocycles. The Bertz CT molecular complexity index is 407. The average Bonchev–Trinajstić information content (AvgIpc) is 2.27. The fourth-order valence-electron chi connectivity index (χ4n) is 1.51. The number of hydrogen-bond donors (Lipinski definition) is 0. The van der Waals surface area contributed by atoms with Crippen LogP contribution in [0.5, 0.6) is 5.75 Å². The van der Waals surface area contributed by atoms with Crippen molar-refractivity contribution < 1.29 is 9.53 Å². The Kier molecular flexibility index (Phi) is 5.09. The van der Waals surface area contributed by atoms with E-state index in [2.05, 4.69) is 0 Å². The van der Waals surface area contributed by atoms with Gasteiger partial charge in [0.25, 0.3) is 5.91 Å². The van der Waals surface area contributed by atoms with Crippen LogP contribution in [-0.4, -0.2) is 36.9 Å². The van der Waals surface area contributed by atoms with E-state index in [-0.39, 0.29) is 11.3 Å². The van der Waals surface area contributed by atoms with E-state index in [9.17, 15) is 4.79 Å². The summed E-state index contributed by atoms with van der Waals surface area (Å²) >= 11 is 11.7. The highest BCUT2D eigenvalue weighted by Crippen LogP contribution is 2.24. The van der Waals surface area contributed by atoms with Crippen molar-refractivity contribution in [1.82, 2.24) is 4.90 Å². The number of carbonyl (C=O) groups excluding carboxylic acids is 1. The number of halogens is 2. The highest BCUT2D eigenvalue weighted by molar-refractivity contribution is 6.30. The fraction of sp³-hybridized carbons (Fsp3) is 0.417. The van der Waals surface area contributed by atoms with Gasteiger partial charge < -0.3 is 9.64 Å². The van der Waals surface area contributed by atoms with Crippen LogP contribution in [0.3, 0.4) is 0 Å². The lowest BCUT2D eigenvalue weighted by molar-refractivity contribution is 0.0793. The number of rotatable bonds is 4. The van der Waals surface area contributed by atoms with E-state index in [0.29, 0.717) is 22.9 Å². The number of amides is 1. The van der Waals surface area contributed by atoms with E-state index in [1.807, 2.05) is 6.92 Å². The van der Waals surface area contributed by atoms with Gasteiger partial charge >= 0.3 is 0 Å². The van der Waals surface area contributed by atoms with Gasteiger partial charge in [-0.25, -0.2) is 0 Å². The number of hydrogen-bond acceptors (Lipinski definition) is 2. The van der Waals surface area contributed by atoms with Crippen LogP contribution >= 0.6 is 23.2 Å². The number of benzene rings is 1. The molecular weight excluding hydrogens is 261 g/mol. The minimum Gasteiger partial charge on any atom is -0.496 e. The fourth-order valence-corrected chi connectivity index (χ4v) is 1.88. The summed E-state index contributed by atoms with van der Waals surface area (Å²) in [5.41, 5.74) is 0.483. The highest BCUT2D eigenvalue weighted by atomic mass is 35.5. The maximum Gasteiger partial charge on any atom is 0.257 e. The zero-order valence-electron chi connectivity index (χ0n) is 10.0. The quantitative estimate of drug-likeness (QED) is 0.791. The van der Waals surface area contributed by atoms with Crippen molar-refractivity contribution >= 4 is 29.1 Å². The van der Waals surface area contributed by atoms with E-state index in [4.69, 9.17) is 27.9 Å². The Labute approximate surface area is 111 Å². The number of alkyl halides is 1. The van der Waals surface area contributed by atoms with E-state index < -0.39 is 0 Å². The molecule has 0 radical (unpaired) electrons. The second kappa shape index (κ2) is 6.12. The first-order valence-electron chi connectivity index (χ1n) is 5.18. The zero-order valence-corrected chi connectivity index (χ0v) is 11.5. The molecule has 0 N–H and O–H groups in total. The molecule has 1 unspecified atom stereocenters. The minimum absolute atomic E-state index is 0.0951. The number of nitrogens with zero attached hydrogens (tertiary/aromatic N) is 1. The Morgan fingerprint density at radius 3 is 2.71 bits per heavy atom. The standard InChI is InChI=1S/C12H15Cl2NO2/c1-8(13)7-15(2)12(16)10-5-4-9(14)6-11(10)17-3/h4-6,8H,7H2,1-3H3. The molecule has 0 spiro atoms. The lowest BCUT2D eigenvalue weighted by Crippen LogP contribution is -2.31. The van der Waals surface area contributed by atoms with Crippen molar-refractivity contribution in [3.63, 3.8) is 0 Å². The van der Waals surface area contributed by atoms with Crippen molar-refractivity contribution in [2.45, 2.75) is 12.3 Å². The van der Waals surface area contributed by atoms with Crippen LogP contribution in [0, 0.1) is 0 Å². The molecule has 0 saturated carbocycles. The van der Waals surface area contributed by atoms with Crippen LogP contribution < -0.4 is 4.74 Å². The van der Waals surface area contributed by atoms with Gasteiger partial charge in [-0.1, -0.05) is 11.6 Å². The molecule has 94 valence electrons. The van der Waals surface area contributed by atoms with Crippen molar-refractivity contribution in [3.05, 3.63) is 28.8 Å². The van der Waals surface area contributed by atoms with Crippen LogP contribution in [0.15, 0.2) is 18.2 Å². The van der Waals surface area contributed by atoms with Crippen LogP contribution in [0.1, 0.15) is 17.3 Å². The van der Waals surface area contributed by atoms with Crippen molar-refractivity contribution in [2.24, 2.45) is 0 Å². The molecule has 5 heteroatoms. The molecule has 0 aliphatic heterocycles. The monoisotopic (exact) mass is 275 g/mol. The summed E-state index contributed by atoms with van der Waals surface area (Å²) in [5.74, 6) is 0.336. The molecule has 1 aromatic carbocycles. The van der Waals surface area contributed by atoms with E-state index in [1.165, 1.54) is 7.11 Å². The van der Waals surface area contributed by atoms with Gasteiger partial charge in [0.2, 0.25) is 0 Å². The smallest absolute Gasteiger partial charge is 0.257 e. The third-order valence-electron chi connectivity index (χ3n) is 2.27. The molecule has 0 aliphatic rings. The summed E-state index contributed by atoms with van der Waals surface area (Å²) in [6.07, 6.45) is 0. The SMILES string of the molecule is COc1cc(Cl)ccc1C(=O)N(C)CC(C)Cl. The normalized spacial score (nSPS) is 12.1. The molecule has 0 saturated heterocycles. The van der Waals surface area contributed by atoms with Crippen molar-refractivity contribution in [1.29, 1.82) is 0 Å². The summed E-state index contributed by atoms with van der Waals surface area (Å²) < 4.78 is 5.14. The molecule has 0 bridgehead atoms. The summed E-state index contributed by atoms with van der Waals surface area (Å²) in [5, 5.41) is 0.439. The molecule has 17 heavy (non-hydrogen) atoms. The van der Waals surface area contributed by atoms with E-state index >= 15 is 0 Å². The number of ether oxygens (including phenoxy) is 1. The topological polar surface area (TPSA) is 29.5 Å². The molecule has 3 nitrogen and oxygen atoms in total. The maximum absolute atomic E-state index is 12.1. The largest absolute Gasteiger partial charge is 0.496 e. The van der Waals surface area contributed by atoms with E-state index in [0.717, 1.165) is 0 Å². The summed E-state index contributed by atoms with van der Waals surface area (Å²) in [4.78, 5) is 13.7. The van der Waals surface area contributed by atoms with Gasteiger partial charge in [-0.3, -0.25) is 4.79 Å². The minimum atomic E-state index is -0.133. The first-order valence-corrected chi connectivity index (χ1v) is 6.00. The molecule has 0 aliphatic carbocycles. The zero-order chi connectivity index (χ0) is 13.0. The maximum atomic E-state index is 12.1. The Balaban J connectivity index is 2.95. The lowest BCUT2D eigenvalue weighted by atomic mass is 10.1. The summed E-state index contributed by atoms with van der Waals surface area (Å²) in [7, 11) is 3.21. The van der Waals surface area contributed by atoms with Crippen LogP contribution in [0.25, 0.3) is 0 Å². The van der Waals surface area contributed by atoms with Gasteiger partial charge in [-0.2, -0.15) is 0 Å². The Morgan fingerprint density at radius 2 is 2.18 bits per heavy atom. The molecule has 0 aromatic heterocycles. The van der Waals surface area contributed by atoms with Crippen LogP contribution in [-0.2, 0) is 0 Å². The van der Waals surface area contributed by atoms with Crippen molar-refractivity contribution in [3.8, 4) is 5.75 Å². The third-order valence-corrected chi connectivity index (χ3v) is 2.64. The second-order valence-electron chi connectivity index (χ2n) is 3.81. The molecule has 0 fully saturated rings. The first-order chi connectivity index (χ1) is 7.95. The molecule has 1 aromatic rings. The van der Waals surface area contributed by atoms with Gasteiger partial charge in [-0.15, -0.1) is 11.6 Å². The van der Waals surface area contributed by atoms with Gasteiger partial charge in [0.15, 0.2) is 0 Å². The lowest BCUT2D eigenvalue weighted by Gasteiger charge is -2.19. The van der Waals surface area contributed by atoms with Gasteiger partial charge in [0, 0.05) is 24.0 Å². The summed E-state index contributed by atoms with van der Waals surface area (Å²) in [6.45, 7) is 2.32. The highest BCUT2D eigenvalue weighted by Gasteiger charge is 2.17. The van der Waals surface area contributed by atoms with Gasteiger partial charge in [-0.05, 0) is 25.1 Å². The van der Waals surface area contributed by atoms with Gasteiger partial charge in [0.05, 0.1) is 12.7 Å². The predicted molar refractivity (Wildman–Crippen MR) is 70.3 cm³/mol. The predicted octanol–water partition coefficient (Wildman–Crippen LogP) is 3.05. The molecule has 1 atom stereocenters. The van der Waals surface area contributed by atoms with Crippen molar-refractivity contribution in [2.75, 3.05) is 20.7 Å². The van der Waals surface area contributed by atoms with E-state index in [1.54, 1.807) is 30.1 Å². The Morgan fingerprint density at radius 1 is 1.53 bits per heavy atom. The van der Waals surface area contributed by atoms with Crippen LogP contribution in [0.4, 0.5) is 0 Å². The average molecular weight is 276 g/mol. The van der Waals surface area contributed by atoms with Crippen LogP contribution in [0.2, 0.25) is 5.02 Å². The van der Waals surface area contributed by atoms with Gasteiger partial charge in [0.1, 0.15) is 5.75 Å². The second-order valence-corrected chi connectivity index (χ2v) is 4.99. The molecule has 1 amide bonds. The first kappa shape index (κ1) is 14.1. The number of methoxy groups -OCH3 is 1. The molecular formula is C12H15Cl2NO2. The number of carbonyl (C=O) groups is 1. The molecule has 1 rings (SSSR count). The third kappa shape index (κ3) is 3.79. The Hall–Kier alpha value is -0.930. The summed E-state index contributed by atoms with van der Waals surface area (Å²) in [6, 6.07) is 4.93.